The zero-order valence-electron chi connectivity index (χ0n) is 15.6. The van der Waals surface area contributed by atoms with E-state index in [0.717, 1.165) is 6.04 Å². The standard InChI is InChI=1S/C19H25NO5Si/c1-24-16-7-5-14(6-8-16)17-11-15(19(22)23)12-20(18(17)21)13-25-9-10-26(2,3)4/h5-8,11-12H,9-10,13H2,1-4H3,(H,22,23). The molecule has 1 aromatic carbocycles. The molecule has 0 radical (unpaired) electrons. The molecule has 0 atom stereocenters. The van der Waals surface area contributed by atoms with Gasteiger partial charge < -0.3 is 14.6 Å². The maximum Gasteiger partial charge on any atom is 0.337 e. The summed E-state index contributed by atoms with van der Waals surface area (Å²) in [5.74, 6) is -0.422. The SMILES string of the molecule is COc1ccc(-c2cc(C(=O)O)cn(COCC[Si](C)(C)C)c2=O)cc1. The Morgan fingerprint density at radius 2 is 1.85 bits per heavy atom. The zero-order chi connectivity index (χ0) is 19.3. The monoisotopic (exact) mass is 375 g/mol. The Morgan fingerprint density at radius 3 is 2.38 bits per heavy atom. The zero-order valence-corrected chi connectivity index (χ0v) is 16.6. The van der Waals surface area contributed by atoms with Crippen LogP contribution in [0.25, 0.3) is 11.1 Å². The molecule has 2 rings (SSSR count). The summed E-state index contributed by atoms with van der Waals surface area (Å²) in [7, 11) is 0.332. The number of aromatic carboxylic acids is 1. The number of rotatable bonds is 8. The first-order valence-corrected chi connectivity index (χ1v) is 12.1. The van der Waals surface area contributed by atoms with Gasteiger partial charge in [0.25, 0.3) is 5.56 Å². The number of benzene rings is 1. The number of methoxy groups -OCH3 is 1. The van der Waals surface area contributed by atoms with Crippen LogP contribution in [0.3, 0.4) is 0 Å². The molecule has 0 spiro atoms. The minimum atomic E-state index is -1.23. The van der Waals surface area contributed by atoms with Gasteiger partial charge >= 0.3 is 5.97 Å². The third-order valence-electron chi connectivity index (χ3n) is 3.96. The van der Waals surface area contributed by atoms with Gasteiger partial charge in [0.15, 0.2) is 0 Å². The van der Waals surface area contributed by atoms with Gasteiger partial charge in [-0.1, -0.05) is 31.8 Å². The average Bonchev–Trinajstić information content (AvgIpc) is 2.59. The molecule has 1 heterocycles. The summed E-state index contributed by atoms with van der Waals surface area (Å²) in [6, 6.07) is 9.31. The molecule has 2 aromatic rings. The van der Waals surface area contributed by atoms with Crippen LogP contribution in [0.5, 0.6) is 5.75 Å². The molecule has 0 amide bonds. The van der Waals surface area contributed by atoms with Gasteiger partial charge in [0.1, 0.15) is 12.5 Å². The molecule has 140 valence electrons. The minimum absolute atomic E-state index is 0.0353. The lowest BCUT2D eigenvalue weighted by atomic mass is 10.1. The highest BCUT2D eigenvalue weighted by atomic mass is 28.3. The van der Waals surface area contributed by atoms with Crippen LogP contribution >= 0.6 is 0 Å². The number of ether oxygens (including phenoxy) is 2. The molecular weight excluding hydrogens is 350 g/mol. The quantitative estimate of drug-likeness (QED) is 0.564. The summed E-state index contributed by atoms with van der Waals surface area (Å²) in [6.07, 6.45) is 1.33. The van der Waals surface area contributed by atoms with Crippen molar-refractivity contribution in [3.05, 3.63) is 52.4 Å². The van der Waals surface area contributed by atoms with E-state index >= 15 is 0 Å². The highest BCUT2D eigenvalue weighted by Crippen LogP contribution is 2.20. The topological polar surface area (TPSA) is 77.8 Å². The fourth-order valence-corrected chi connectivity index (χ4v) is 3.12. The molecule has 7 heteroatoms. The van der Waals surface area contributed by atoms with Crippen molar-refractivity contribution < 1.29 is 19.4 Å². The van der Waals surface area contributed by atoms with Crippen molar-refractivity contribution in [3.8, 4) is 16.9 Å². The van der Waals surface area contributed by atoms with Crippen LogP contribution in [0.15, 0.2) is 41.3 Å². The van der Waals surface area contributed by atoms with Crippen molar-refractivity contribution in [2.24, 2.45) is 0 Å². The van der Waals surface area contributed by atoms with E-state index in [0.29, 0.717) is 23.5 Å². The minimum Gasteiger partial charge on any atom is -0.497 e. The molecule has 1 N–H and O–H groups in total. The molecule has 0 aliphatic carbocycles. The van der Waals surface area contributed by atoms with Crippen LogP contribution in [0.1, 0.15) is 10.4 Å². The normalized spacial score (nSPS) is 11.4. The first kappa shape index (κ1) is 19.9. The number of carbonyl (C=O) groups is 1. The molecule has 26 heavy (non-hydrogen) atoms. The van der Waals surface area contributed by atoms with Gasteiger partial charge in [-0.15, -0.1) is 0 Å². The van der Waals surface area contributed by atoms with Crippen molar-refractivity contribution in [3.63, 3.8) is 0 Å². The van der Waals surface area contributed by atoms with E-state index in [-0.39, 0.29) is 17.9 Å². The van der Waals surface area contributed by atoms with Crippen LogP contribution in [-0.4, -0.2) is 37.4 Å². The predicted octanol–water partition coefficient (Wildman–Crippen LogP) is 3.53. The number of nitrogens with zero attached hydrogens (tertiary/aromatic N) is 1. The number of hydrogen-bond donors (Lipinski definition) is 1. The molecule has 6 nitrogen and oxygen atoms in total. The summed E-state index contributed by atoms with van der Waals surface area (Å²) in [5.41, 5.74) is 0.716. The Kier molecular flexibility index (Phi) is 6.39. The maximum absolute atomic E-state index is 12.8. The molecule has 1 aromatic heterocycles. The smallest absolute Gasteiger partial charge is 0.337 e. The van der Waals surface area contributed by atoms with Gasteiger partial charge in [-0.2, -0.15) is 0 Å². The number of aromatic nitrogens is 1. The van der Waals surface area contributed by atoms with Gasteiger partial charge in [0.05, 0.1) is 12.7 Å². The first-order valence-electron chi connectivity index (χ1n) is 8.41. The van der Waals surface area contributed by atoms with Gasteiger partial charge in [-0.25, -0.2) is 4.79 Å². The van der Waals surface area contributed by atoms with Crippen molar-refractivity contribution in [1.29, 1.82) is 0 Å². The molecule has 0 fully saturated rings. The van der Waals surface area contributed by atoms with Gasteiger partial charge in [0.2, 0.25) is 0 Å². The van der Waals surface area contributed by atoms with E-state index in [1.807, 2.05) is 0 Å². The summed E-state index contributed by atoms with van der Waals surface area (Å²) in [6.45, 7) is 7.32. The highest BCUT2D eigenvalue weighted by molar-refractivity contribution is 6.76. The lowest BCUT2D eigenvalue weighted by Crippen LogP contribution is -2.26. The number of carboxylic acid groups (broad SMARTS) is 1. The Labute approximate surface area is 154 Å². The second-order valence-electron chi connectivity index (χ2n) is 7.30. The molecule has 0 aliphatic heterocycles. The molecule has 0 saturated heterocycles. The van der Waals surface area contributed by atoms with Crippen molar-refractivity contribution in [1.82, 2.24) is 4.57 Å². The highest BCUT2D eigenvalue weighted by Gasteiger charge is 2.15. The second kappa shape index (κ2) is 8.33. The second-order valence-corrected chi connectivity index (χ2v) is 12.9. The summed E-state index contributed by atoms with van der Waals surface area (Å²) >= 11 is 0. The third kappa shape index (κ3) is 5.31. The van der Waals surface area contributed by atoms with Crippen LogP contribution in [0.4, 0.5) is 0 Å². The van der Waals surface area contributed by atoms with E-state index < -0.39 is 14.0 Å². The van der Waals surface area contributed by atoms with Crippen LogP contribution < -0.4 is 10.3 Å². The van der Waals surface area contributed by atoms with E-state index in [2.05, 4.69) is 19.6 Å². The first-order chi connectivity index (χ1) is 12.2. The Balaban J connectivity index is 2.31. The van der Waals surface area contributed by atoms with Crippen molar-refractivity contribution in [2.45, 2.75) is 32.4 Å². The Hall–Kier alpha value is -2.38. The molecular formula is C19H25NO5Si. The van der Waals surface area contributed by atoms with Crippen LogP contribution in [-0.2, 0) is 11.5 Å². The van der Waals surface area contributed by atoms with Gasteiger partial charge in [-0.05, 0) is 29.8 Å². The number of carboxylic acids is 1. The average molecular weight is 375 g/mol. The van der Waals surface area contributed by atoms with Gasteiger partial charge in [0, 0.05) is 26.4 Å². The summed E-state index contributed by atoms with van der Waals surface area (Å²) in [5, 5.41) is 9.36. The fraction of sp³-hybridized carbons (Fsp3) is 0.368. The molecule has 0 bridgehead atoms. The van der Waals surface area contributed by atoms with Crippen molar-refractivity contribution in [2.75, 3.05) is 13.7 Å². The van der Waals surface area contributed by atoms with E-state index in [9.17, 15) is 14.7 Å². The number of pyridine rings is 1. The number of hydrogen-bond acceptors (Lipinski definition) is 4. The van der Waals surface area contributed by atoms with Crippen molar-refractivity contribution >= 4 is 14.0 Å². The van der Waals surface area contributed by atoms with E-state index in [1.165, 1.54) is 16.8 Å². The van der Waals surface area contributed by atoms with Crippen LogP contribution in [0, 0.1) is 0 Å². The van der Waals surface area contributed by atoms with E-state index in [4.69, 9.17) is 9.47 Å². The summed E-state index contributed by atoms with van der Waals surface area (Å²) in [4.78, 5) is 24.2. The fourth-order valence-electron chi connectivity index (χ4n) is 2.37. The maximum atomic E-state index is 12.8. The van der Waals surface area contributed by atoms with E-state index in [1.54, 1.807) is 31.4 Å². The molecule has 0 aliphatic rings. The van der Waals surface area contributed by atoms with Crippen LogP contribution in [0.2, 0.25) is 25.7 Å². The molecule has 0 unspecified atom stereocenters. The Morgan fingerprint density at radius 1 is 1.19 bits per heavy atom. The lowest BCUT2D eigenvalue weighted by molar-refractivity contribution is 0.0689. The predicted molar refractivity (Wildman–Crippen MR) is 104 cm³/mol. The third-order valence-corrected chi connectivity index (χ3v) is 5.66. The van der Waals surface area contributed by atoms with Gasteiger partial charge in [-0.3, -0.25) is 9.36 Å². The summed E-state index contributed by atoms with van der Waals surface area (Å²) < 4.78 is 12.1. The molecule has 0 saturated carbocycles. The largest absolute Gasteiger partial charge is 0.497 e. The Bertz CT molecular complexity index is 821. The lowest BCUT2D eigenvalue weighted by Gasteiger charge is -2.16.